The fraction of sp³-hybridized carbons (Fsp3) is 0.192. The van der Waals surface area contributed by atoms with Crippen molar-refractivity contribution < 1.29 is 29.0 Å². The normalized spacial score (nSPS) is 11.1. The highest BCUT2D eigenvalue weighted by atomic mass is 16.5. The number of aromatic nitrogens is 1. The van der Waals surface area contributed by atoms with Crippen molar-refractivity contribution >= 4 is 23.0 Å². The molecule has 0 unspecified atom stereocenters. The first-order chi connectivity index (χ1) is 16.4. The van der Waals surface area contributed by atoms with Crippen LogP contribution in [0, 0.1) is 5.92 Å². The van der Waals surface area contributed by atoms with Crippen LogP contribution in [-0.2, 0) is 29.0 Å². The molecular formula is C26H23NO7. The van der Waals surface area contributed by atoms with Gasteiger partial charge in [0.2, 0.25) is 0 Å². The Balaban J connectivity index is 1.38. The van der Waals surface area contributed by atoms with Gasteiger partial charge in [-0.3, -0.25) is 14.2 Å². The van der Waals surface area contributed by atoms with Gasteiger partial charge in [0.1, 0.15) is 12.4 Å². The number of carboxylic acid groups (broad SMARTS) is 2. The number of fused-ring (bicyclic) bond motifs is 1. The summed E-state index contributed by atoms with van der Waals surface area (Å²) in [5.74, 6) is -4.19. The zero-order valence-electron chi connectivity index (χ0n) is 18.2. The van der Waals surface area contributed by atoms with Gasteiger partial charge in [-0.25, -0.2) is 4.79 Å². The van der Waals surface area contributed by atoms with Crippen LogP contribution in [0.5, 0.6) is 5.75 Å². The van der Waals surface area contributed by atoms with Gasteiger partial charge in [-0.2, -0.15) is 0 Å². The van der Waals surface area contributed by atoms with E-state index < -0.39 is 23.6 Å². The monoisotopic (exact) mass is 461 g/mol. The van der Waals surface area contributed by atoms with Crippen LogP contribution in [0.25, 0.3) is 11.1 Å². The van der Waals surface area contributed by atoms with Crippen LogP contribution in [0.2, 0.25) is 0 Å². The Morgan fingerprint density at radius 2 is 1.56 bits per heavy atom. The van der Waals surface area contributed by atoms with Gasteiger partial charge in [0.05, 0.1) is 12.1 Å². The minimum atomic E-state index is -1.50. The minimum absolute atomic E-state index is 0.117. The van der Waals surface area contributed by atoms with Crippen molar-refractivity contribution in [2.45, 2.75) is 19.4 Å². The molecule has 0 spiro atoms. The van der Waals surface area contributed by atoms with E-state index in [2.05, 4.69) is 0 Å². The Morgan fingerprint density at radius 3 is 2.24 bits per heavy atom. The summed E-state index contributed by atoms with van der Waals surface area (Å²) in [6.07, 6.45) is 0.623. The molecule has 8 heteroatoms. The lowest BCUT2D eigenvalue weighted by Crippen LogP contribution is -2.25. The summed E-state index contributed by atoms with van der Waals surface area (Å²) in [4.78, 5) is 34.4. The third-order valence-electron chi connectivity index (χ3n) is 5.53. The van der Waals surface area contributed by atoms with Gasteiger partial charge in [0, 0.05) is 0 Å². The van der Waals surface area contributed by atoms with E-state index in [1.54, 1.807) is 24.3 Å². The molecule has 4 aromatic rings. The molecular weight excluding hydrogens is 438 g/mol. The van der Waals surface area contributed by atoms with E-state index in [1.807, 2.05) is 48.5 Å². The zero-order valence-corrected chi connectivity index (χ0v) is 18.2. The van der Waals surface area contributed by atoms with E-state index in [0.29, 0.717) is 22.4 Å². The lowest BCUT2D eigenvalue weighted by Gasteiger charge is -2.10. The molecule has 2 N–H and O–H groups in total. The molecule has 1 aromatic heterocycles. The number of oxazole rings is 1. The Labute approximate surface area is 194 Å². The smallest absolute Gasteiger partial charge is 0.420 e. The van der Waals surface area contributed by atoms with Crippen LogP contribution >= 0.6 is 0 Å². The average Bonchev–Trinajstić information content (AvgIpc) is 3.13. The topological polar surface area (TPSA) is 119 Å². The molecule has 0 aliphatic heterocycles. The first kappa shape index (κ1) is 22.8. The van der Waals surface area contributed by atoms with Gasteiger partial charge in [0.25, 0.3) is 0 Å². The molecule has 8 nitrogen and oxygen atoms in total. The Bertz CT molecular complexity index is 1340. The van der Waals surface area contributed by atoms with Crippen LogP contribution in [0.4, 0.5) is 0 Å². The Morgan fingerprint density at radius 1 is 0.882 bits per heavy atom. The fourth-order valence-corrected chi connectivity index (χ4v) is 3.76. The second-order valence-electron chi connectivity index (χ2n) is 7.91. The number of benzene rings is 3. The highest BCUT2D eigenvalue weighted by Crippen LogP contribution is 2.19. The summed E-state index contributed by atoms with van der Waals surface area (Å²) in [6.45, 7) is 0.498. The van der Waals surface area contributed by atoms with E-state index in [0.717, 1.165) is 12.0 Å². The number of hydrogen-bond donors (Lipinski definition) is 2. The lowest BCUT2D eigenvalue weighted by molar-refractivity contribution is -0.154. The van der Waals surface area contributed by atoms with Gasteiger partial charge in [0.15, 0.2) is 11.5 Å². The van der Waals surface area contributed by atoms with Crippen molar-refractivity contribution in [1.29, 1.82) is 0 Å². The molecule has 0 saturated carbocycles. The zero-order chi connectivity index (χ0) is 24.1. The van der Waals surface area contributed by atoms with E-state index in [-0.39, 0.29) is 19.6 Å². The molecule has 0 radical (unpaired) electrons. The van der Waals surface area contributed by atoms with Crippen LogP contribution in [0.3, 0.4) is 0 Å². The maximum atomic E-state index is 12.4. The third kappa shape index (κ3) is 5.35. The summed E-state index contributed by atoms with van der Waals surface area (Å²) in [5, 5.41) is 18.0. The quantitative estimate of drug-likeness (QED) is 0.346. The molecule has 1 heterocycles. The maximum absolute atomic E-state index is 12.4. The van der Waals surface area contributed by atoms with Crippen molar-refractivity contribution in [3.8, 4) is 5.75 Å². The average molecular weight is 461 g/mol. The number of ether oxygens (including phenoxy) is 1. The molecule has 0 amide bonds. The Hall–Kier alpha value is -4.33. The van der Waals surface area contributed by atoms with Gasteiger partial charge in [-0.05, 0) is 53.8 Å². The standard InChI is InChI=1S/C26H23NO7/c28-24(29)21(25(30)31)15-18-6-9-20(10-7-18)33-13-12-27-22-11-8-19(16-23(22)34-26(27)32)14-17-4-2-1-3-5-17/h1-11,16,21H,12-15H2,(H,28,29)(H,30,31). The molecule has 0 fully saturated rings. The van der Waals surface area contributed by atoms with E-state index in [1.165, 1.54) is 10.1 Å². The van der Waals surface area contributed by atoms with Crippen LogP contribution in [-0.4, -0.2) is 33.3 Å². The number of rotatable bonds is 10. The first-order valence-electron chi connectivity index (χ1n) is 10.7. The largest absolute Gasteiger partial charge is 0.492 e. The van der Waals surface area contributed by atoms with Crippen LogP contribution < -0.4 is 10.5 Å². The summed E-state index contributed by atoms with van der Waals surface area (Å²) >= 11 is 0. The predicted octanol–water partition coefficient (Wildman–Crippen LogP) is 3.59. The highest BCUT2D eigenvalue weighted by Gasteiger charge is 2.25. The number of aliphatic carboxylic acids is 2. The van der Waals surface area contributed by atoms with Crippen molar-refractivity contribution in [2.24, 2.45) is 5.92 Å². The highest BCUT2D eigenvalue weighted by molar-refractivity contribution is 5.93. The SMILES string of the molecule is O=C(O)C(Cc1ccc(OCCn2c(=O)oc3cc(Cc4ccccc4)ccc32)cc1)C(=O)O. The van der Waals surface area contributed by atoms with Crippen molar-refractivity contribution in [2.75, 3.05) is 6.61 Å². The molecule has 0 saturated heterocycles. The van der Waals surface area contributed by atoms with Crippen LogP contribution in [0.1, 0.15) is 16.7 Å². The summed E-state index contributed by atoms with van der Waals surface area (Å²) in [6, 6.07) is 22.3. The van der Waals surface area contributed by atoms with Gasteiger partial charge in [-0.15, -0.1) is 0 Å². The number of nitrogens with zero attached hydrogens (tertiary/aromatic N) is 1. The minimum Gasteiger partial charge on any atom is -0.492 e. The molecule has 174 valence electrons. The lowest BCUT2D eigenvalue weighted by atomic mass is 10.00. The summed E-state index contributed by atoms with van der Waals surface area (Å²) in [7, 11) is 0. The van der Waals surface area contributed by atoms with E-state index in [9.17, 15) is 14.4 Å². The van der Waals surface area contributed by atoms with Gasteiger partial charge in [-0.1, -0.05) is 48.5 Å². The molecule has 3 aromatic carbocycles. The maximum Gasteiger partial charge on any atom is 0.420 e. The summed E-state index contributed by atoms with van der Waals surface area (Å²) < 4.78 is 12.6. The van der Waals surface area contributed by atoms with Gasteiger partial charge >= 0.3 is 17.7 Å². The van der Waals surface area contributed by atoms with Crippen molar-refractivity contribution in [1.82, 2.24) is 4.57 Å². The number of carboxylic acids is 2. The molecule has 0 bridgehead atoms. The first-order valence-corrected chi connectivity index (χ1v) is 10.7. The molecule has 0 aliphatic rings. The Kier molecular flexibility index (Phi) is 6.77. The number of hydrogen-bond acceptors (Lipinski definition) is 5. The third-order valence-corrected chi connectivity index (χ3v) is 5.53. The summed E-state index contributed by atoms with van der Waals surface area (Å²) in [5.41, 5.74) is 4.00. The molecule has 4 rings (SSSR count). The van der Waals surface area contributed by atoms with Gasteiger partial charge < -0.3 is 19.4 Å². The molecule has 0 aliphatic carbocycles. The van der Waals surface area contributed by atoms with Crippen molar-refractivity contribution in [3.63, 3.8) is 0 Å². The second kappa shape index (κ2) is 10.1. The number of carbonyl (C=O) groups is 2. The fourth-order valence-electron chi connectivity index (χ4n) is 3.76. The van der Waals surface area contributed by atoms with Crippen molar-refractivity contribution in [3.05, 3.63) is 100 Å². The molecule has 0 atom stereocenters. The van der Waals surface area contributed by atoms with E-state index >= 15 is 0 Å². The van der Waals surface area contributed by atoms with E-state index in [4.69, 9.17) is 19.4 Å². The van der Waals surface area contributed by atoms with Crippen LogP contribution in [0.15, 0.2) is 82.0 Å². The second-order valence-corrected chi connectivity index (χ2v) is 7.91. The molecule has 34 heavy (non-hydrogen) atoms. The predicted molar refractivity (Wildman–Crippen MR) is 124 cm³/mol.